The Kier molecular flexibility index (Phi) is 3.51. The van der Waals surface area contributed by atoms with Crippen LogP contribution < -0.4 is 5.32 Å². The highest BCUT2D eigenvalue weighted by Crippen LogP contribution is 2.34. The fraction of sp³-hybridized carbons (Fsp3) is 0.125. The summed E-state index contributed by atoms with van der Waals surface area (Å²) in [5, 5.41) is 3.98. The summed E-state index contributed by atoms with van der Waals surface area (Å²) in [6.07, 6.45) is 0. The van der Waals surface area contributed by atoms with E-state index in [0.717, 1.165) is 15.0 Å². The van der Waals surface area contributed by atoms with Gasteiger partial charge >= 0.3 is 0 Å². The van der Waals surface area contributed by atoms with Crippen molar-refractivity contribution in [3.63, 3.8) is 0 Å². The number of thiophene rings is 1. The van der Waals surface area contributed by atoms with Crippen molar-refractivity contribution in [1.29, 1.82) is 0 Å². The lowest BCUT2D eigenvalue weighted by atomic mass is 10.0. The van der Waals surface area contributed by atoms with E-state index < -0.39 is 0 Å². The average Bonchev–Trinajstić information content (AvgIpc) is 2.84. The second-order valence-corrected chi connectivity index (χ2v) is 5.69. The molecule has 0 aliphatic heterocycles. The number of hydrogen-bond donors (Lipinski definition) is 1. The first-order valence-electron chi connectivity index (χ1n) is 6.29. The minimum absolute atomic E-state index is 0.225. The number of halogens is 2. The maximum atomic E-state index is 13.9. The van der Waals surface area contributed by atoms with Gasteiger partial charge in [0, 0.05) is 15.1 Å². The first-order valence-corrected chi connectivity index (χ1v) is 7.11. The Bertz CT molecular complexity index is 751. The molecule has 1 unspecified atom stereocenters. The Morgan fingerprint density at radius 3 is 2.60 bits per heavy atom. The monoisotopic (exact) mass is 289 g/mol. The van der Waals surface area contributed by atoms with Crippen LogP contribution in [0.1, 0.15) is 16.5 Å². The summed E-state index contributed by atoms with van der Waals surface area (Å²) in [6, 6.07) is 13.1. The van der Waals surface area contributed by atoms with E-state index in [4.69, 9.17) is 0 Å². The van der Waals surface area contributed by atoms with Gasteiger partial charge in [0.1, 0.15) is 11.6 Å². The number of hydrogen-bond acceptors (Lipinski definition) is 2. The lowest BCUT2D eigenvalue weighted by Crippen LogP contribution is -2.17. The van der Waals surface area contributed by atoms with Crippen LogP contribution >= 0.6 is 11.3 Å². The van der Waals surface area contributed by atoms with Gasteiger partial charge in [-0.1, -0.05) is 18.2 Å². The molecule has 0 saturated carbocycles. The molecule has 1 heterocycles. The summed E-state index contributed by atoms with van der Waals surface area (Å²) >= 11 is 1.55. The van der Waals surface area contributed by atoms with Crippen LogP contribution in [0.25, 0.3) is 10.1 Å². The molecule has 0 radical (unpaired) electrons. The van der Waals surface area contributed by atoms with E-state index in [1.54, 1.807) is 36.6 Å². The predicted octanol–water partition coefficient (Wildman–Crippen LogP) is 4.49. The molecule has 20 heavy (non-hydrogen) atoms. The number of nitrogens with one attached hydrogen (secondary N) is 1. The van der Waals surface area contributed by atoms with Crippen LogP contribution in [0.3, 0.4) is 0 Å². The third-order valence-corrected chi connectivity index (χ3v) is 4.47. The Morgan fingerprint density at radius 2 is 1.85 bits per heavy atom. The highest BCUT2D eigenvalue weighted by Gasteiger charge is 2.18. The van der Waals surface area contributed by atoms with E-state index in [9.17, 15) is 8.78 Å². The van der Waals surface area contributed by atoms with Crippen LogP contribution in [0.4, 0.5) is 8.78 Å². The average molecular weight is 289 g/mol. The first kappa shape index (κ1) is 13.2. The lowest BCUT2D eigenvalue weighted by molar-refractivity contribution is 0.579. The molecule has 1 aromatic heterocycles. The Labute approximate surface area is 119 Å². The molecule has 0 aliphatic rings. The summed E-state index contributed by atoms with van der Waals surface area (Å²) in [5.74, 6) is -0.496. The molecule has 0 fully saturated rings. The lowest BCUT2D eigenvalue weighted by Gasteiger charge is -2.15. The van der Waals surface area contributed by atoms with Gasteiger partial charge in [-0.05, 0) is 42.8 Å². The molecule has 1 N–H and O–H groups in total. The van der Waals surface area contributed by atoms with Crippen LogP contribution in [0.5, 0.6) is 0 Å². The second-order valence-electron chi connectivity index (χ2n) is 4.57. The molecular weight excluding hydrogens is 276 g/mol. The molecule has 3 aromatic rings. The standard InChI is InChI=1S/C16H13F2NS/c1-19-16(12-4-2-3-5-13(12)18)15-9-10-8-11(17)6-7-14(10)20-15/h2-9,16,19H,1H3. The SMILES string of the molecule is CNC(c1cc2cc(F)ccc2s1)c1ccccc1F. The van der Waals surface area contributed by atoms with Gasteiger partial charge in [-0.15, -0.1) is 11.3 Å². The zero-order chi connectivity index (χ0) is 14.1. The van der Waals surface area contributed by atoms with Crippen molar-refractivity contribution in [2.45, 2.75) is 6.04 Å². The fourth-order valence-electron chi connectivity index (χ4n) is 2.34. The van der Waals surface area contributed by atoms with Crippen molar-refractivity contribution < 1.29 is 8.78 Å². The van der Waals surface area contributed by atoms with Gasteiger partial charge in [0.15, 0.2) is 0 Å². The van der Waals surface area contributed by atoms with Crippen molar-refractivity contribution in [3.8, 4) is 0 Å². The zero-order valence-corrected chi connectivity index (χ0v) is 11.7. The molecule has 0 aliphatic carbocycles. The van der Waals surface area contributed by atoms with Crippen LogP contribution in [-0.2, 0) is 0 Å². The summed E-state index contributed by atoms with van der Waals surface area (Å²) in [7, 11) is 1.79. The molecule has 4 heteroatoms. The van der Waals surface area contributed by atoms with Crippen molar-refractivity contribution in [1.82, 2.24) is 5.32 Å². The first-order chi connectivity index (χ1) is 9.69. The Balaban J connectivity index is 2.10. The molecule has 1 atom stereocenters. The summed E-state index contributed by atoms with van der Waals surface area (Å²) < 4.78 is 28.2. The minimum atomic E-state index is -0.256. The molecule has 3 rings (SSSR count). The Morgan fingerprint density at radius 1 is 1.05 bits per heavy atom. The molecule has 102 valence electrons. The van der Waals surface area contributed by atoms with E-state index in [1.807, 2.05) is 12.1 Å². The van der Waals surface area contributed by atoms with E-state index in [0.29, 0.717) is 5.56 Å². The van der Waals surface area contributed by atoms with Gasteiger partial charge in [-0.25, -0.2) is 8.78 Å². The molecule has 0 bridgehead atoms. The summed E-state index contributed by atoms with van der Waals surface area (Å²) in [6.45, 7) is 0. The third-order valence-electron chi connectivity index (χ3n) is 3.29. The highest BCUT2D eigenvalue weighted by atomic mass is 32.1. The van der Waals surface area contributed by atoms with Crippen LogP contribution in [0.2, 0.25) is 0 Å². The molecule has 2 aromatic carbocycles. The van der Waals surface area contributed by atoms with Crippen molar-refractivity contribution in [2.24, 2.45) is 0 Å². The van der Waals surface area contributed by atoms with Crippen LogP contribution in [-0.4, -0.2) is 7.05 Å². The molecule has 0 saturated heterocycles. The molecule has 0 amide bonds. The third kappa shape index (κ3) is 2.32. The van der Waals surface area contributed by atoms with Gasteiger partial charge in [-0.3, -0.25) is 0 Å². The normalized spacial score (nSPS) is 12.8. The van der Waals surface area contributed by atoms with Gasteiger partial charge in [0.25, 0.3) is 0 Å². The molecular formula is C16H13F2NS. The fourth-order valence-corrected chi connectivity index (χ4v) is 3.51. The van der Waals surface area contributed by atoms with Crippen molar-refractivity contribution in [2.75, 3.05) is 7.05 Å². The van der Waals surface area contributed by atoms with Crippen molar-refractivity contribution >= 4 is 21.4 Å². The largest absolute Gasteiger partial charge is 0.309 e. The van der Waals surface area contributed by atoms with Gasteiger partial charge in [0.2, 0.25) is 0 Å². The maximum Gasteiger partial charge on any atom is 0.128 e. The number of benzene rings is 2. The van der Waals surface area contributed by atoms with Crippen molar-refractivity contribution in [3.05, 3.63) is 70.6 Å². The Hall–Kier alpha value is -1.78. The maximum absolute atomic E-state index is 13.9. The van der Waals surface area contributed by atoms with E-state index in [1.165, 1.54) is 18.2 Å². The van der Waals surface area contributed by atoms with Gasteiger partial charge in [0.05, 0.1) is 6.04 Å². The summed E-state index contributed by atoms with van der Waals surface area (Å²) in [4.78, 5) is 0.971. The van der Waals surface area contributed by atoms with Gasteiger partial charge < -0.3 is 5.32 Å². The molecule has 1 nitrogen and oxygen atoms in total. The smallest absolute Gasteiger partial charge is 0.128 e. The minimum Gasteiger partial charge on any atom is -0.309 e. The predicted molar refractivity (Wildman–Crippen MR) is 79.1 cm³/mol. The van der Waals surface area contributed by atoms with Crippen LogP contribution in [0, 0.1) is 11.6 Å². The second kappa shape index (κ2) is 5.31. The van der Waals surface area contributed by atoms with Crippen LogP contribution in [0.15, 0.2) is 48.5 Å². The zero-order valence-electron chi connectivity index (χ0n) is 10.9. The number of rotatable bonds is 3. The van der Waals surface area contributed by atoms with E-state index >= 15 is 0 Å². The summed E-state index contributed by atoms with van der Waals surface area (Å²) in [5.41, 5.74) is 0.599. The quantitative estimate of drug-likeness (QED) is 0.749. The highest BCUT2D eigenvalue weighted by molar-refractivity contribution is 7.19. The topological polar surface area (TPSA) is 12.0 Å². The molecule has 0 spiro atoms. The van der Waals surface area contributed by atoms with E-state index in [-0.39, 0.29) is 17.7 Å². The van der Waals surface area contributed by atoms with Gasteiger partial charge in [-0.2, -0.15) is 0 Å². The number of fused-ring (bicyclic) bond motifs is 1. The van der Waals surface area contributed by atoms with E-state index in [2.05, 4.69) is 5.32 Å².